The van der Waals surface area contributed by atoms with Crippen LogP contribution in [0.4, 0.5) is 4.39 Å². The zero-order chi connectivity index (χ0) is 21.2. The molecule has 0 saturated carbocycles. The molecule has 2 amide bonds. The minimum absolute atomic E-state index is 0.306. The third-order valence-electron chi connectivity index (χ3n) is 3.97. The number of ether oxygens (including phenoxy) is 2. The van der Waals surface area contributed by atoms with Gasteiger partial charge in [0.15, 0.2) is 11.5 Å². The van der Waals surface area contributed by atoms with Crippen LogP contribution in [-0.4, -0.2) is 25.5 Å². The molecule has 0 fully saturated rings. The fraction of sp³-hybridized carbons (Fsp3) is 0.273. The van der Waals surface area contributed by atoms with Crippen molar-refractivity contribution >= 4 is 17.9 Å². The molecule has 154 valence electrons. The molecule has 0 aliphatic carbocycles. The Morgan fingerprint density at radius 2 is 1.79 bits per heavy atom. The predicted octanol–water partition coefficient (Wildman–Crippen LogP) is 3.73. The largest absolute Gasteiger partial charge is 0.493 e. The van der Waals surface area contributed by atoms with E-state index in [1.165, 1.54) is 43.5 Å². The van der Waals surface area contributed by atoms with Crippen LogP contribution in [0.3, 0.4) is 0 Å². The van der Waals surface area contributed by atoms with Gasteiger partial charge in [0.2, 0.25) is 0 Å². The summed E-state index contributed by atoms with van der Waals surface area (Å²) in [6.07, 6.45) is 3.65. The molecule has 0 bridgehead atoms. The zero-order valence-corrected chi connectivity index (χ0v) is 16.7. The minimum Gasteiger partial charge on any atom is -0.493 e. The topological polar surface area (TPSA) is 76.7 Å². The van der Waals surface area contributed by atoms with Crippen molar-refractivity contribution in [2.45, 2.75) is 20.3 Å². The van der Waals surface area contributed by atoms with E-state index in [2.05, 4.69) is 24.7 Å². The average Bonchev–Trinajstić information content (AvgIpc) is 2.71. The fourth-order valence-corrected chi connectivity index (χ4v) is 2.31. The molecule has 2 aromatic carbocycles. The number of rotatable bonds is 8. The van der Waals surface area contributed by atoms with Crippen molar-refractivity contribution in [2.75, 3.05) is 13.7 Å². The number of hydrazine groups is 1. The Balaban J connectivity index is 1.90. The number of hydrogen-bond donors (Lipinski definition) is 2. The van der Waals surface area contributed by atoms with Gasteiger partial charge >= 0.3 is 0 Å². The molecule has 0 atom stereocenters. The van der Waals surface area contributed by atoms with Crippen LogP contribution in [-0.2, 0) is 4.79 Å². The summed E-state index contributed by atoms with van der Waals surface area (Å²) in [5, 5.41) is 0. The molecule has 0 spiro atoms. The van der Waals surface area contributed by atoms with Crippen LogP contribution in [0.2, 0.25) is 0 Å². The van der Waals surface area contributed by atoms with Crippen molar-refractivity contribution in [1.29, 1.82) is 0 Å². The molecule has 0 saturated heterocycles. The van der Waals surface area contributed by atoms with E-state index in [1.807, 2.05) is 0 Å². The molecule has 0 radical (unpaired) electrons. The second kappa shape index (κ2) is 10.8. The number of benzene rings is 2. The van der Waals surface area contributed by atoms with Crippen molar-refractivity contribution in [2.24, 2.45) is 5.92 Å². The van der Waals surface area contributed by atoms with Gasteiger partial charge < -0.3 is 9.47 Å². The maximum absolute atomic E-state index is 12.9. The third-order valence-corrected chi connectivity index (χ3v) is 3.97. The second-order valence-corrected chi connectivity index (χ2v) is 6.72. The van der Waals surface area contributed by atoms with Gasteiger partial charge in [0.1, 0.15) is 5.82 Å². The highest BCUT2D eigenvalue weighted by atomic mass is 19.1. The average molecular weight is 400 g/mol. The SMILES string of the molecule is COc1cc(C(=O)NNC(=O)/C=C/c2ccc(F)cc2)ccc1OCCC(C)C. The van der Waals surface area contributed by atoms with Crippen LogP contribution < -0.4 is 20.3 Å². The second-order valence-electron chi connectivity index (χ2n) is 6.72. The highest BCUT2D eigenvalue weighted by Gasteiger charge is 2.12. The highest BCUT2D eigenvalue weighted by Crippen LogP contribution is 2.28. The quantitative estimate of drug-likeness (QED) is 0.523. The van der Waals surface area contributed by atoms with Gasteiger partial charge in [0.05, 0.1) is 13.7 Å². The number of halogens is 1. The maximum Gasteiger partial charge on any atom is 0.269 e. The summed E-state index contributed by atoms with van der Waals surface area (Å²) < 4.78 is 23.8. The summed E-state index contributed by atoms with van der Waals surface area (Å²) in [5.74, 6) is 0.126. The zero-order valence-electron chi connectivity index (χ0n) is 16.7. The van der Waals surface area contributed by atoms with Gasteiger partial charge in [-0.1, -0.05) is 26.0 Å². The van der Waals surface area contributed by atoms with Crippen LogP contribution in [0.25, 0.3) is 6.08 Å². The van der Waals surface area contributed by atoms with Crippen molar-refractivity contribution in [3.63, 3.8) is 0 Å². The van der Waals surface area contributed by atoms with Crippen LogP contribution >= 0.6 is 0 Å². The lowest BCUT2D eigenvalue weighted by atomic mass is 10.1. The number of nitrogens with one attached hydrogen (secondary N) is 2. The van der Waals surface area contributed by atoms with Crippen molar-refractivity contribution < 1.29 is 23.5 Å². The van der Waals surface area contributed by atoms with Gasteiger partial charge in [0, 0.05) is 11.6 Å². The summed E-state index contributed by atoms with van der Waals surface area (Å²) in [5.41, 5.74) is 5.58. The number of methoxy groups -OCH3 is 1. The van der Waals surface area contributed by atoms with Crippen molar-refractivity contribution in [3.05, 3.63) is 65.5 Å². The molecule has 6 nitrogen and oxygen atoms in total. The Labute approximate surface area is 169 Å². The van der Waals surface area contributed by atoms with Crippen LogP contribution in [0.15, 0.2) is 48.5 Å². The van der Waals surface area contributed by atoms with Crippen LogP contribution in [0.1, 0.15) is 36.2 Å². The van der Waals surface area contributed by atoms with Gasteiger partial charge in [-0.05, 0) is 54.3 Å². The van der Waals surface area contributed by atoms with Gasteiger partial charge in [-0.25, -0.2) is 4.39 Å². The number of carbonyl (C=O) groups excluding carboxylic acids is 2. The predicted molar refractivity (Wildman–Crippen MR) is 109 cm³/mol. The summed E-state index contributed by atoms with van der Waals surface area (Å²) in [6, 6.07) is 10.4. The molecule has 2 N–H and O–H groups in total. The van der Waals surface area contributed by atoms with E-state index in [4.69, 9.17) is 9.47 Å². The van der Waals surface area contributed by atoms with E-state index in [-0.39, 0.29) is 5.82 Å². The number of amides is 2. The lowest BCUT2D eigenvalue weighted by Crippen LogP contribution is -2.40. The Hall–Kier alpha value is -3.35. The molecule has 7 heteroatoms. The summed E-state index contributed by atoms with van der Waals surface area (Å²) in [6.45, 7) is 4.77. The van der Waals surface area contributed by atoms with Crippen LogP contribution in [0.5, 0.6) is 11.5 Å². The number of hydrogen-bond acceptors (Lipinski definition) is 4. The fourth-order valence-electron chi connectivity index (χ4n) is 2.31. The minimum atomic E-state index is -0.525. The summed E-state index contributed by atoms with van der Waals surface area (Å²) in [7, 11) is 1.49. The molecule has 0 heterocycles. The Bertz CT molecular complexity index is 864. The molecule has 2 rings (SSSR count). The van der Waals surface area contributed by atoms with E-state index in [9.17, 15) is 14.0 Å². The molecule has 2 aromatic rings. The summed E-state index contributed by atoms with van der Waals surface area (Å²) >= 11 is 0. The highest BCUT2D eigenvalue weighted by molar-refractivity contribution is 5.98. The van der Waals surface area contributed by atoms with Gasteiger partial charge in [-0.2, -0.15) is 0 Å². The van der Waals surface area contributed by atoms with E-state index in [0.717, 1.165) is 6.42 Å². The Morgan fingerprint density at radius 1 is 1.07 bits per heavy atom. The lowest BCUT2D eigenvalue weighted by molar-refractivity contribution is -0.117. The third kappa shape index (κ3) is 7.29. The van der Waals surface area contributed by atoms with Gasteiger partial charge in [-0.3, -0.25) is 20.4 Å². The first-order chi connectivity index (χ1) is 13.9. The Morgan fingerprint density at radius 3 is 2.45 bits per heavy atom. The molecular formula is C22H25FN2O4. The normalized spacial score (nSPS) is 10.8. The number of carbonyl (C=O) groups is 2. The van der Waals surface area contributed by atoms with E-state index >= 15 is 0 Å². The molecular weight excluding hydrogens is 375 g/mol. The van der Waals surface area contributed by atoms with Crippen LogP contribution in [0, 0.1) is 11.7 Å². The summed E-state index contributed by atoms with van der Waals surface area (Å²) in [4.78, 5) is 24.1. The molecule has 29 heavy (non-hydrogen) atoms. The molecule has 0 aliphatic heterocycles. The first-order valence-corrected chi connectivity index (χ1v) is 9.24. The van der Waals surface area contributed by atoms with Crippen molar-refractivity contribution in [3.8, 4) is 11.5 Å². The maximum atomic E-state index is 12.9. The van der Waals surface area contributed by atoms with E-state index < -0.39 is 11.8 Å². The standard InChI is InChI=1S/C22H25FN2O4/c1-15(2)12-13-29-19-10-7-17(14-20(19)28-3)22(27)25-24-21(26)11-6-16-4-8-18(23)9-5-16/h4-11,14-15H,12-13H2,1-3H3,(H,24,26)(H,25,27)/b11-6+. The Kier molecular flexibility index (Phi) is 8.21. The smallest absolute Gasteiger partial charge is 0.269 e. The lowest BCUT2D eigenvalue weighted by Gasteiger charge is -2.13. The molecule has 0 unspecified atom stereocenters. The molecule has 0 aromatic heterocycles. The van der Waals surface area contributed by atoms with Gasteiger partial charge in [0.25, 0.3) is 11.8 Å². The van der Waals surface area contributed by atoms with E-state index in [0.29, 0.717) is 35.2 Å². The van der Waals surface area contributed by atoms with Crippen molar-refractivity contribution in [1.82, 2.24) is 10.9 Å². The molecule has 0 aliphatic rings. The first kappa shape index (κ1) is 21.9. The van der Waals surface area contributed by atoms with E-state index in [1.54, 1.807) is 18.2 Å². The monoisotopic (exact) mass is 400 g/mol. The van der Waals surface area contributed by atoms with Gasteiger partial charge in [-0.15, -0.1) is 0 Å². The first-order valence-electron chi connectivity index (χ1n) is 9.24.